The van der Waals surface area contributed by atoms with E-state index in [1.54, 1.807) is 24.4 Å². The Morgan fingerprint density at radius 3 is 2.67 bits per heavy atom. The lowest BCUT2D eigenvalue weighted by Crippen LogP contribution is -1.87. The van der Waals surface area contributed by atoms with E-state index in [9.17, 15) is 4.39 Å². The molecule has 0 spiro atoms. The van der Waals surface area contributed by atoms with Crippen molar-refractivity contribution < 1.29 is 4.39 Å². The van der Waals surface area contributed by atoms with Crippen LogP contribution in [0.1, 0.15) is 0 Å². The van der Waals surface area contributed by atoms with Gasteiger partial charge in [0.1, 0.15) is 5.82 Å². The van der Waals surface area contributed by atoms with Gasteiger partial charge < -0.3 is 5.73 Å². The van der Waals surface area contributed by atoms with E-state index in [-0.39, 0.29) is 5.82 Å². The second kappa shape index (κ2) is 3.87. The summed E-state index contributed by atoms with van der Waals surface area (Å²) in [5.41, 5.74) is 7.50. The van der Waals surface area contributed by atoms with Crippen molar-refractivity contribution in [1.29, 1.82) is 0 Å². The van der Waals surface area contributed by atoms with Gasteiger partial charge in [-0.25, -0.2) is 4.39 Å². The number of aromatic nitrogens is 1. The Morgan fingerprint density at radius 1 is 1.20 bits per heavy atom. The Labute approximate surface area is 91.5 Å². The van der Waals surface area contributed by atoms with Gasteiger partial charge in [0.25, 0.3) is 0 Å². The van der Waals surface area contributed by atoms with Crippen LogP contribution in [0.15, 0.2) is 36.7 Å². The van der Waals surface area contributed by atoms with Gasteiger partial charge in [-0.15, -0.1) is 0 Å². The number of nitrogens with zero attached hydrogens (tertiary/aromatic N) is 1. The lowest BCUT2D eigenvalue weighted by Gasteiger charge is -2.04. The molecule has 0 unspecified atom stereocenters. The van der Waals surface area contributed by atoms with E-state index in [4.69, 9.17) is 17.3 Å². The van der Waals surface area contributed by atoms with Crippen LogP contribution in [0.3, 0.4) is 0 Å². The van der Waals surface area contributed by atoms with Gasteiger partial charge in [-0.1, -0.05) is 17.7 Å². The Balaban J connectivity index is 2.54. The first-order chi connectivity index (χ1) is 7.16. The van der Waals surface area contributed by atoms with Gasteiger partial charge >= 0.3 is 0 Å². The largest absolute Gasteiger partial charge is 0.399 e. The third kappa shape index (κ3) is 2.07. The van der Waals surface area contributed by atoms with Crippen molar-refractivity contribution in [2.45, 2.75) is 0 Å². The maximum atomic E-state index is 12.9. The Bertz CT molecular complexity index is 500. The number of nitrogen functional groups attached to an aromatic ring is 1. The fourth-order valence-electron chi connectivity index (χ4n) is 1.32. The quantitative estimate of drug-likeness (QED) is 0.753. The minimum atomic E-state index is -0.389. The molecule has 0 bridgehead atoms. The molecule has 2 nitrogen and oxygen atoms in total. The van der Waals surface area contributed by atoms with Crippen molar-refractivity contribution >= 4 is 17.3 Å². The van der Waals surface area contributed by atoms with Crippen LogP contribution in [0.5, 0.6) is 0 Å². The van der Waals surface area contributed by atoms with Crippen LogP contribution in [0.4, 0.5) is 10.1 Å². The van der Waals surface area contributed by atoms with Gasteiger partial charge in [0.2, 0.25) is 0 Å². The molecule has 4 heteroatoms. The van der Waals surface area contributed by atoms with Crippen molar-refractivity contribution in [3.8, 4) is 11.1 Å². The molecule has 1 aromatic carbocycles. The first kappa shape index (κ1) is 9.93. The predicted molar refractivity (Wildman–Crippen MR) is 59.1 cm³/mol. The number of nitrogens with two attached hydrogens (primary N) is 1. The second-order valence-electron chi connectivity index (χ2n) is 3.13. The molecule has 1 aromatic heterocycles. The van der Waals surface area contributed by atoms with E-state index in [0.717, 1.165) is 11.8 Å². The van der Waals surface area contributed by atoms with Gasteiger partial charge in [-0.05, 0) is 18.2 Å². The highest BCUT2D eigenvalue weighted by Gasteiger charge is 2.04. The monoisotopic (exact) mass is 222 g/mol. The summed E-state index contributed by atoms with van der Waals surface area (Å²) >= 11 is 5.99. The second-order valence-corrected chi connectivity index (χ2v) is 3.54. The highest BCUT2D eigenvalue weighted by molar-refractivity contribution is 6.33. The molecule has 15 heavy (non-hydrogen) atoms. The third-order valence-electron chi connectivity index (χ3n) is 2.01. The first-order valence-corrected chi connectivity index (χ1v) is 4.70. The lowest BCUT2D eigenvalue weighted by molar-refractivity contribution is 0.622. The Morgan fingerprint density at radius 2 is 2.00 bits per heavy atom. The van der Waals surface area contributed by atoms with Gasteiger partial charge in [-0.3, -0.25) is 4.98 Å². The van der Waals surface area contributed by atoms with Crippen LogP contribution in [-0.4, -0.2) is 4.98 Å². The van der Waals surface area contributed by atoms with Gasteiger partial charge in [-0.2, -0.15) is 0 Å². The lowest BCUT2D eigenvalue weighted by atomic mass is 10.1. The van der Waals surface area contributed by atoms with Crippen molar-refractivity contribution in [2.24, 2.45) is 0 Å². The normalized spacial score (nSPS) is 10.3. The van der Waals surface area contributed by atoms with Crippen LogP contribution in [0.2, 0.25) is 5.02 Å². The molecule has 0 aliphatic carbocycles. The molecule has 0 saturated carbocycles. The van der Waals surface area contributed by atoms with E-state index in [1.165, 1.54) is 6.07 Å². The molecule has 2 rings (SSSR count). The molecule has 76 valence electrons. The summed E-state index contributed by atoms with van der Waals surface area (Å²) < 4.78 is 12.9. The molecular formula is C11H8ClFN2. The maximum absolute atomic E-state index is 12.9. The van der Waals surface area contributed by atoms with E-state index in [1.807, 2.05) is 0 Å². The SMILES string of the molecule is Nc1ccc(-c2cncc(F)c2)c(Cl)c1. The zero-order chi connectivity index (χ0) is 10.8. The molecule has 2 N–H and O–H groups in total. The molecule has 0 radical (unpaired) electrons. The summed E-state index contributed by atoms with van der Waals surface area (Å²) in [6, 6.07) is 6.46. The van der Waals surface area contributed by atoms with Crippen molar-refractivity contribution in [2.75, 3.05) is 5.73 Å². The van der Waals surface area contributed by atoms with Crippen LogP contribution >= 0.6 is 11.6 Å². The Hall–Kier alpha value is -1.61. The summed E-state index contributed by atoms with van der Waals surface area (Å²) in [5, 5.41) is 0.488. The number of anilines is 1. The van der Waals surface area contributed by atoms with Gasteiger partial charge in [0.05, 0.1) is 11.2 Å². The molecule has 1 heterocycles. The number of rotatable bonds is 1. The summed E-state index contributed by atoms with van der Waals surface area (Å²) in [6.07, 6.45) is 2.70. The Kier molecular flexibility index (Phi) is 2.56. The minimum Gasteiger partial charge on any atom is -0.399 e. The fourth-order valence-corrected chi connectivity index (χ4v) is 1.62. The minimum absolute atomic E-state index is 0.389. The molecular weight excluding hydrogens is 215 g/mol. The van der Waals surface area contributed by atoms with E-state index >= 15 is 0 Å². The third-order valence-corrected chi connectivity index (χ3v) is 2.32. The molecule has 0 fully saturated rings. The molecule has 0 atom stereocenters. The summed E-state index contributed by atoms with van der Waals surface area (Å²) in [4.78, 5) is 3.76. The number of hydrogen-bond donors (Lipinski definition) is 1. The van der Waals surface area contributed by atoms with Gasteiger partial charge in [0, 0.05) is 23.0 Å². The van der Waals surface area contributed by atoms with Crippen LogP contribution in [0, 0.1) is 5.82 Å². The molecule has 0 aliphatic rings. The standard InChI is InChI=1S/C11H8ClFN2/c12-11-4-9(14)1-2-10(11)7-3-8(13)6-15-5-7/h1-6H,14H2. The number of pyridine rings is 1. The smallest absolute Gasteiger partial charge is 0.142 e. The molecule has 0 saturated heterocycles. The molecule has 2 aromatic rings. The summed E-state index contributed by atoms with van der Waals surface area (Å²) in [7, 11) is 0. The van der Waals surface area contributed by atoms with Crippen LogP contribution < -0.4 is 5.73 Å². The highest BCUT2D eigenvalue weighted by Crippen LogP contribution is 2.29. The highest BCUT2D eigenvalue weighted by atomic mass is 35.5. The van der Waals surface area contributed by atoms with Crippen LogP contribution in [-0.2, 0) is 0 Å². The molecule has 0 amide bonds. The number of hydrogen-bond acceptors (Lipinski definition) is 2. The number of halogens is 2. The molecule has 0 aliphatic heterocycles. The predicted octanol–water partition coefficient (Wildman–Crippen LogP) is 3.12. The van der Waals surface area contributed by atoms with E-state index in [0.29, 0.717) is 16.3 Å². The zero-order valence-corrected chi connectivity index (χ0v) is 8.50. The number of benzene rings is 1. The maximum Gasteiger partial charge on any atom is 0.142 e. The fraction of sp³-hybridized carbons (Fsp3) is 0. The van der Waals surface area contributed by atoms with Crippen molar-refractivity contribution in [3.63, 3.8) is 0 Å². The first-order valence-electron chi connectivity index (χ1n) is 4.33. The van der Waals surface area contributed by atoms with Gasteiger partial charge in [0.15, 0.2) is 0 Å². The zero-order valence-electron chi connectivity index (χ0n) is 7.74. The topological polar surface area (TPSA) is 38.9 Å². The van der Waals surface area contributed by atoms with Crippen LogP contribution in [0.25, 0.3) is 11.1 Å². The average Bonchev–Trinajstić information content (AvgIpc) is 2.17. The van der Waals surface area contributed by atoms with E-state index in [2.05, 4.69) is 4.98 Å². The van der Waals surface area contributed by atoms with Crippen molar-refractivity contribution in [3.05, 3.63) is 47.5 Å². The van der Waals surface area contributed by atoms with E-state index < -0.39 is 0 Å². The average molecular weight is 223 g/mol. The summed E-state index contributed by atoms with van der Waals surface area (Å²) in [6.45, 7) is 0. The van der Waals surface area contributed by atoms with Crippen molar-refractivity contribution in [1.82, 2.24) is 4.98 Å². The summed E-state index contributed by atoms with van der Waals surface area (Å²) in [5.74, 6) is -0.389.